The van der Waals surface area contributed by atoms with E-state index in [1.807, 2.05) is 6.08 Å². The van der Waals surface area contributed by atoms with Crippen molar-refractivity contribution in [2.75, 3.05) is 0 Å². The molecule has 1 unspecified atom stereocenters. The highest BCUT2D eigenvalue weighted by atomic mass is 14.0. The van der Waals surface area contributed by atoms with Gasteiger partial charge in [0, 0.05) is 0 Å². The van der Waals surface area contributed by atoms with E-state index < -0.39 is 0 Å². The van der Waals surface area contributed by atoms with Crippen LogP contribution in [0.15, 0.2) is 37.0 Å². The lowest BCUT2D eigenvalue weighted by Crippen LogP contribution is -1.93. The molecule has 0 rings (SSSR count). The van der Waals surface area contributed by atoms with Gasteiger partial charge in [-0.25, -0.2) is 0 Å². The molecule has 0 heteroatoms. The second-order valence-corrected chi connectivity index (χ2v) is 2.96. The van der Waals surface area contributed by atoms with E-state index in [-0.39, 0.29) is 0 Å². The Balaban J connectivity index is 3.76. The van der Waals surface area contributed by atoms with Crippen molar-refractivity contribution in [1.29, 1.82) is 0 Å². The smallest absolute Gasteiger partial charge is 0.0196 e. The molecule has 0 aromatic rings. The lowest BCUT2D eigenvalue weighted by molar-refractivity contribution is 0.606. The highest BCUT2D eigenvalue weighted by Gasteiger charge is 1.99. The molecule has 0 aliphatic rings. The average molecular weight is 164 g/mol. The van der Waals surface area contributed by atoms with E-state index >= 15 is 0 Å². The van der Waals surface area contributed by atoms with Gasteiger partial charge >= 0.3 is 0 Å². The average Bonchev–Trinajstić information content (AvgIpc) is 2.10. The minimum atomic E-state index is 0.698. The van der Waals surface area contributed by atoms with Crippen molar-refractivity contribution in [3.63, 3.8) is 0 Å². The van der Waals surface area contributed by atoms with Gasteiger partial charge in [0.05, 0.1) is 0 Å². The van der Waals surface area contributed by atoms with E-state index in [1.54, 1.807) is 0 Å². The summed E-state index contributed by atoms with van der Waals surface area (Å²) >= 11 is 0. The Morgan fingerprint density at radius 1 is 1.25 bits per heavy atom. The van der Waals surface area contributed by atoms with Gasteiger partial charge in [0.15, 0.2) is 0 Å². The van der Waals surface area contributed by atoms with Crippen LogP contribution in [0.1, 0.15) is 33.1 Å². The normalized spacial score (nSPS) is 14.2. The molecule has 0 aliphatic carbocycles. The molecule has 0 heterocycles. The maximum absolute atomic E-state index is 3.73. The van der Waals surface area contributed by atoms with Crippen molar-refractivity contribution in [1.82, 2.24) is 0 Å². The Kier molecular flexibility index (Phi) is 7.78. The molecule has 68 valence electrons. The van der Waals surface area contributed by atoms with Crippen molar-refractivity contribution in [3.05, 3.63) is 37.0 Å². The van der Waals surface area contributed by atoms with E-state index in [0.717, 1.165) is 12.8 Å². The zero-order chi connectivity index (χ0) is 9.23. The van der Waals surface area contributed by atoms with E-state index in [4.69, 9.17) is 0 Å². The molecule has 0 aliphatic heterocycles. The molecule has 0 nitrogen and oxygen atoms in total. The molecular weight excluding hydrogens is 144 g/mol. The summed E-state index contributed by atoms with van der Waals surface area (Å²) in [5.41, 5.74) is 0. The van der Waals surface area contributed by atoms with Gasteiger partial charge in [-0.2, -0.15) is 0 Å². The predicted molar refractivity (Wildman–Crippen MR) is 57.2 cm³/mol. The van der Waals surface area contributed by atoms with Crippen LogP contribution in [0, 0.1) is 5.92 Å². The Labute approximate surface area is 76.7 Å². The molecule has 12 heavy (non-hydrogen) atoms. The van der Waals surface area contributed by atoms with Crippen LogP contribution in [-0.4, -0.2) is 0 Å². The monoisotopic (exact) mass is 164 g/mol. The van der Waals surface area contributed by atoms with Crippen molar-refractivity contribution >= 4 is 0 Å². The molecule has 1 atom stereocenters. The second-order valence-electron chi connectivity index (χ2n) is 2.96. The van der Waals surface area contributed by atoms with E-state index in [1.165, 1.54) is 6.42 Å². The van der Waals surface area contributed by atoms with Gasteiger partial charge in [-0.3, -0.25) is 0 Å². The zero-order valence-corrected chi connectivity index (χ0v) is 8.29. The van der Waals surface area contributed by atoms with Gasteiger partial charge in [0.2, 0.25) is 0 Å². The summed E-state index contributed by atoms with van der Waals surface area (Å²) < 4.78 is 0. The first-order valence-corrected chi connectivity index (χ1v) is 4.70. The summed E-state index contributed by atoms with van der Waals surface area (Å²) in [4.78, 5) is 0. The van der Waals surface area contributed by atoms with E-state index in [9.17, 15) is 0 Å². The zero-order valence-electron chi connectivity index (χ0n) is 8.29. The molecular formula is C12H20. The Hall–Kier alpha value is -0.780. The first-order chi connectivity index (χ1) is 5.85. The minimum Gasteiger partial charge on any atom is -0.103 e. The third-order valence-corrected chi connectivity index (χ3v) is 1.88. The lowest BCUT2D eigenvalue weighted by atomic mass is 9.99. The summed E-state index contributed by atoms with van der Waals surface area (Å²) in [5, 5.41) is 0. The molecule has 0 saturated heterocycles. The van der Waals surface area contributed by atoms with Crippen LogP contribution in [-0.2, 0) is 0 Å². The standard InChI is InChI=1S/C12H20/c1-4-7-10-12(9-6-3)11-8-5-2/h4-6,8-9,12H,1,7,10-11H2,2-3H3. The SMILES string of the molecule is C=CCCC(C=CC)CC=CC. The summed E-state index contributed by atoms with van der Waals surface area (Å²) in [6.07, 6.45) is 14.3. The van der Waals surface area contributed by atoms with Crippen molar-refractivity contribution in [3.8, 4) is 0 Å². The Morgan fingerprint density at radius 2 is 2.00 bits per heavy atom. The van der Waals surface area contributed by atoms with Gasteiger partial charge < -0.3 is 0 Å². The lowest BCUT2D eigenvalue weighted by Gasteiger charge is -2.07. The fraction of sp³-hybridized carbons (Fsp3) is 0.500. The largest absolute Gasteiger partial charge is 0.103 e. The number of rotatable bonds is 6. The number of hydrogen-bond donors (Lipinski definition) is 0. The van der Waals surface area contributed by atoms with E-state index in [2.05, 4.69) is 44.7 Å². The third kappa shape index (κ3) is 5.96. The predicted octanol–water partition coefficient (Wildman–Crippen LogP) is 4.11. The van der Waals surface area contributed by atoms with Gasteiger partial charge in [-0.05, 0) is 39.0 Å². The Bertz CT molecular complexity index is 151. The molecule has 0 bridgehead atoms. The van der Waals surface area contributed by atoms with Crippen LogP contribution >= 0.6 is 0 Å². The van der Waals surface area contributed by atoms with Crippen molar-refractivity contribution in [2.45, 2.75) is 33.1 Å². The van der Waals surface area contributed by atoms with Crippen LogP contribution < -0.4 is 0 Å². The van der Waals surface area contributed by atoms with Gasteiger partial charge in [-0.1, -0.05) is 30.4 Å². The molecule has 0 saturated carbocycles. The van der Waals surface area contributed by atoms with Crippen LogP contribution in [0.5, 0.6) is 0 Å². The van der Waals surface area contributed by atoms with Crippen LogP contribution in [0.3, 0.4) is 0 Å². The first kappa shape index (κ1) is 11.2. The quantitative estimate of drug-likeness (QED) is 0.518. The van der Waals surface area contributed by atoms with Crippen molar-refractivity contribution in [2.24, 2.45) is 5.92 Å². The highest BCUT2D eigenvalue weighted by molar-refractivity contribution is 4.92. The molecule has 0 radical (unpaired) electrons. The Morgan fingerprint density at radius 3 is 2.50 bits per heavy atom. The maximum atomic E-state index is 3.73. The van der Waals surface area contributed by atoms with Gasteiger partial charge in [0.25, 0.3) is 0 Å². The maximum Gasteiger partial charge on any atom is -0.0196 e. The first-order valence-electron chi connectivity index (χ1n) is 4.70. The second kappa shape index (κ2) is 8.32. The van der Waals surface area contributed by atoms with Crippen LogP contribution in [0.25, 0.3) is 0 Å². The molecule has 0 fully saturated rings. The topological polar surface area (TPSA) is 0 Å². The summed E-state index contributed by atoms with van der Waals surface area (Å²) in [7, 11) is 0. The number of hydrogen-bond acceptors (Lipinski definition) is 0. The summed E-state index contributed by atoms with van der Waals surface area (Å²) in [5.74, 6) is 0.698. The summed E-state index contributed by atoms with van der Waals surface area (Å²) in [6, 6.07) is 0. The molecule has 0 aromatic heterocycles. The van der Waals surface area contributed by atoms with Crippen LogP contribution in [0.2, 0.25) is 0 Å². The van der Waals surface area contributed by atoms with Crippen molar-refractivity contribution < 1.29 is 0 Å². The van der Waals surface area contributed by atoms with Crippen LogP contribution in [0.4, 0.5) is 0 Å². The minimum absolute atomic E-state index is 0.698. The fourth-order valence-electron chi connectivity index (χ4n) is 1.21. The third-order valence-electron chi connectivity index (χ3n) is 1.88. The highest BCUT2D eigenvalue weighted by Crippen LogP contribution is 2.13. The van der Waals surface area contributed by atoms with E-state index in [0.29, 0.717) is 5.92 Å². The van der Waals surface area contributed by atoms with Gasteiger partial charge in [-0.15, -0.1) is 6.58 Å². The molecule has 0 amide bonds. The molecule has 0 aromatic carbocycles. The number of allylic oxidation sites excluding steroid dienone is 5. The van der Waals surface area contributed by atoms with Gasteiger partial charge in [0.1, 0.15) is 0 Å². The summed E-state index contributed by atoms with van der Waals surface area (Å²) in [6.45, 7) is 7.88. The molecule has 0 spiro atoms. The molecule has 0 N–H and O–H groups in total. The fourth-order valence-corrected chi connectivity index (χ4v) is 1.21.